The summed E-state index contributed by atoms with van der Waals surface area (Å²) < 4.78 is 6.83. The summed E-state index contributed by atoms with van der Waals surface area (Å²) in [5, 5.41) is 0.693. The molecule has 0 atom stereocenters. The van der Waals surface area contributed by atoms with Crippen LogP contribution in [0.4, 0.5) is 0 Å². The van der Waals surface area contributed by atoms with E-state index >= 15 is 0 Å². The van der Waals surface area contributed by atoms with Gasteiger partial charge in [-0.25, -0.2) is 0 Å². The van der Waals surface area contributed by atoms with Gasteiger partial charge in [-0.15, -0.1) is 0 Å². The fourth-order valence-electron chi connectivity index (χ4n) is 5.03. The van der Waals surface area contributed by atoms with E-state index in [-0.39, 0.29) is 0 Å². The van der Waals surface area contributed by atoms with Crippen LogP contribution in [0, 0.1) is 0 Å². The first-order valence-corrected chi connectivity index (χ1v) is 14.6. The van der Waals surface area contributed by atoms with Crippen molar-refractivity contribution in [3.05, 3.63) is 108 Å². The van der Waals surface area contributed by atoms with Gasteiger partial charge in [0.2, 0.25) is 0 Å². The van der Waals surface area contributed by atoms with E-state index < -0.39 is 5.60 Å². The molecule has 36 heavy (non-hydrogen) atoms. The fourth-order valence-corrected chi connectivity index (χ4v) is 5.30. The third kappa shape index (κ3) is 8.59. The molecule has 0 aromatic heterocycles. The summed E-state index contributed by atoms with van der Waals surface area (Å²) in [6, 6.07) is 31.5. The van der Waals surface area contributed by atoms with E-state index in [1.807, 2.05) is 0 Å². The third-order valence-corrected chi connectivity index (χ3v) is 7.33. The summed E-state index contributed by atoms with van der Waals surface area (Å²) in [5.74, 6) is 0. The van der Waals surface area contributed by atoms with Crippen LogP contribution in [0.1, 0.15) is 107 Å². The van der Waals surface area contributed by atoms with Crippen LogP contribution in [0.15, 0.2) is 91.0 Å². The van der Waals surface area contributed by atoms with Crippen LogP contribution >= 0.6 is 12.2 Å². The minimum atomic E-state index is -0.752. The van der Waals surface area contributed by atoms with Crippen LogP contribution in [0.2, 0.25) is 0 Å². The van der Waals surface area contributed by atoms with Gasteiger partial charge in [-0.2, -0.15) is 0 Å². The smallest absolute Gasteiger partial charge is 0.185 e. The molecule has 0 heterocycles. The first-order chi connectivity index (χ1) is 17.8. The van der Waals surface area contributed by atoms with Gasteiger partial charge in [-0.1, -0.05) is 169 Å². The summed E-state index contributed by atoms with van der Waals surface area (Å²) in [7, 11) is 0. The predicted molar refractivity (Wildman–Crippen MR) is 159 cm³/mol. The second-order valence-corrected chi connectivity index (χ2v) is 10.3. The van der Waals surface area contributed by atoms with Gasteiger partial charge in [0.15, 0.2) is 10.7 Å². The largest absolute Gasteiger partial charge is 0.466 e. The van der Waals surface area contributed by atoms with Crippen molar-refractivity contribution in [2.45, 2.75) is 96.0 Å². The molecule has 0 N–H and O–H groups in total. The average Bonchev–Trinajstić information content (AvgIpc) is 2.94. The Hall–Kier alpha value is -2.45. The summed E-state index contributed by atoms with van der Waals surface area (Å²) in [5.41, 5.74) is 2.54. The topological polar surface area (TPSA) is 9.23 Å². The summed E-state index contributed by atoms with van der Waals surface area (Å²) in [4.78, 5) is 0. The molecule has 3 aromatic rings. The minimum absolute atomic E-state index is 0.693. The molecule has 3 aromatic carbocycles. The van der Waals surface area contributed by atoms with Gasteiger partial charge in [0.1, 0.15) is 0 Å². The highest BCUT2D eigenvalue weighted by atomic mass is 32.1. The predicted octanol–water partition coefficient (Wildman–Crippen LogP) is 10.4. The number of thiocarbonyl (C=S) groups is 1. The Kier molecular flexibility index (Phi) is 12.8. The van der Waals surface area contributed by atoms with Crippen molar-refractivity contribution in [3.63, 3.8) is 0 Å². The Morgan fingerprint density at radius 2 is 0.861 bits per heavy atom. The van der Waals surface area contributed by atoms with Crippen molar-refractivity contribution in [2.75, 3.05) is 0 Å². The monoisotopic (exact) mass is 500 g/mol. The van der Waals surface area contributed by atoms with Crippen LogP contribution in [-0.2, 0) is 10.3 Å². The lowest BCUT2D eigenvalue weighted by Gasteiger charge is -2.36. The van der Waals surface area contributed by atoms with E-state index in [1.165, 1.54) is 70.6 Å². The highest BCUT2D eigenvalue weighted by molar-refractivity contribution is 7.80. The normalized spacial score (nSPS) is 11.4. The van der Waals surface area contributed by atoms with Crippen LogP contribution in [0.5, 0.6) is 0 Å². The molecule has 192 valence electrons. The summed E-state index contributed by atoms with van der Waals surface area (Å²) >= 11 is 5.86. The molecule has 1 nitrogen and oxygen atoms in total. The van der Waals surface area contributed by atoms with E-state index in [1.54, 1.807) is 0 Å². The third-order valence-electron chi connectivity index (χ3n) is 7.04. The summed E-state index contributed by atoms with van der Waals surface area (Å²) in [6.07, 6.45) is 16.9. The van der Waals surface area contributed by atoms with E-state index in [4.69, 9.17) is 17.0 Å². The maximum atomic E-state index is 6.83. The van der Waals surface area contributed by atoms with Gasteiger partial charge >= 0.3 is 0 Å². The molecule has 2 heteroatoms. The maximum absolute atomic E-state index is 6.83. The first-order valence-electron chi connectivity index (χ1n) is 14.2. The van der Waals surface area contributed by atoms with Crippen LogP contribution in [0.3, 0.4) is 0 Å². The van der Waals surface area contributed by atoms with E-state index in [0.29, 0.717) is 5.05 Å². The standard InChI is InChI=1S/C34H44OS/c1-2-3-4-5-6-7-8-9-10-11-12-22-29-33(36)35-34(30-23-16-13-17-24-30,31-25-18-14-19-26-31)32-27-20-15-21-28-32/h13-21,23-28H,2-12,22,29H2,1H3. The van der Waals surface area contributed by atoms with Crippen LogP contribution in [0.25, 0.3) is 0 Å². The van der Waals surface area contributed by atoms with Gasteiger partial charge in [-0.05, 0) is 18.6 Å². The zero-order valence-electron chi connectivity index (χ0n) is 22.2. The van der Waals surface area contributed by atoms with Gasteiger partial charge in [-0.3, -0.25) is 0 Å². The van der Waals surface area contributed by atoms with Gasteiger partial charge in [0, 0.05) is 23.1 Å². The number of benzene rings is 3. The molecule has 0 spiro atoms. The molecule has 0 fully saturated rings. The Balaban J connectivity index is 1.55. The number of rotatable bonds is 17. The number of hydrogen-bond acceptors (Lipinski definition) is 2. The maximum Gasteiger partial charge on any atom is 0.185 e. The van der Waals surface area contributed by atoms with E-state index in [0.717, 1.165) is 29.5 Å². The zero-order chi connectivity index (χ0) is 25.3. The van der Waals surface area contributed by atoms with Gasteiger partial charge in [0.25, 0.3) is 0 Å². The SMILES string of the molecule is CCCCCCCCCCCCCCC(=S)OC(c1ccccc1)(c1ccccc1)c1ccccc1. The van der Waals surface area contributed by atoms with Crippen LogP contribution < -0.4 is 0 Å². The Morgan fingerprint density at radius 3 is 1.22 bits per heavy atom. The number of hydrogen-bond donors (Lipinski definition) is 0. The molecular formula is C34H44OS. The molecule has 3 rings (SSSR count). The Labute approximate surface area is 225 Å². The molecule has 0 aliphatic heterocycles. The van der Waals surface area contributed by atoms with E-state index in [2.05, 4.69) is 97.9 Å². The van der Waals surface area contributed by atoms with Crippen molar-refractivity contribution >= 4 is 17.3 Å². The minimum Gasteiger partial charge on any atom is -0.466 e. The fraction of sp³-hybridized carbons (Fsp3) is 0.441. The molecular weight excluding hydrogens is 456 g/mol. The Morgan fingerprint density at radius 1 is 0.528 bits per heavy atom. The second-order valence-electron chi connectivity index (χ2n) is 9.89. The van der Waals surface area contributed by atoms with Crippen molar-refractivity contribution in [3.8, 4) is 0 Å². The Bertz CT molecular complexity index is 871. The molecule has 0 aliphatic rings. The van der Waals surface area contributed by atoms with Crippen molar-refractivity contribution in [2.24, 2.45) is 0 Å². The van der Waals surface area contributed by atoms with Crippen molar-refractivity contribution in [1.82, 2.24) is 0 Å². The molecule has 0 aliphatic carbocycles. The van der Waals surface area contributed by atoms with Gasteiger partial charge in [0.05, 0.1) is 0 Å². The lowest BCUT2D eigenvalue weighted by molar-refractivity contribution is 0.141. The molecule has 0 saturated heterocycles. The number of unbranched alkanes of at least 4 members (excludes halogenated alkanes) is 11. The second kappa shape index (κ2) is 16.3. The summed E-state index contributed by atoms with van der Waals surface area (Å²) in [6.45, 7) is 2.28. The highest BCUT2D eigenvalue weighted by Crippen LogP contribution is 2.41. The molecule has 0 radical (unpaired) electrons. The zero-order valence-corrected chi connectivity index (χ0v) is 23.0. The van der Waals surface area contributed by atoms with Crippen molar-refractivity contribution < 1.29 is 4.74 Å². The average molecular weight is 501 g/mol. The lowest BCUT2D eigenvalue weighted by Crippen LogP contribution is -2.34. The molecule has 0 unspecified atom stereocenters. The lowest BCUT2D eigenvalue weighted by atomic mass is 9.80. The van der Waals surface area contributed by atoms with Gasteiger partial charge < -0.3 is 4.74 Å². The first kappa shape index (κ1) is 28.1. The van der Waals surface area contributed by atoms with E-state index in [9.17, 15) is 0 Å². The van der Waals surface area contributed by atoms with Crippen molar-refractivity contribution in [1.29, 1.82) is 0 Å². The molecule has 0 amide bonds. The molecule has 0 saturated carbocycles. The number of ether oxygens (including phenoxy) is 1. The quantitative estimate of drug-likeness (QED) is 0.104. The van der Waals surface area contributed by atoms with Crippen LogP contribution in [-0.4, -0.2) is 5.05 Å². The molecule has 0 bridgehead atoms. The highest BCUT2D eigenvalue weighted by Gasteiger charge is 2.39.